The van der Waals surface area contributed by atoms with Crippen LogP contribution in [0.1, 0.15) is 16.7 Å². The Hall–Kier alpha value is -4.57. The first-order valence-electron chi connectivity index (χ1n) is 18.5. The summed E-state index contributed by atoms with van der Waals surface area (Å²) in [7, 11) is 10.6. The Bertz CT molecular complexity index is 2150. The minimum Gasteiger partial charge on any atom is -0.0620 e. The minimum atomic E-state index is -1.88. The number of benzene rings is 8. The topological polar surface area (TPSA) is 0 Å². The molecule has 56 heavy (non-hydrogen) atoms. The van der Waals surface area contributed by atoms with E-state index < -0.39 is 29.4 Å². The van der Waals surface area contributed by atoms with Gasteiger partial charge in [-0.3, -0.25) is 0 Å². The van der Waals surface area contributed by atoms with E-state index >= 15 is 0 Å². The molecule has 1 aliphatic carbocycles. The van der Waals surface area contributed by atoms with Crippen molar-refractivity contribution >= 4 is 76.7 Å². The fraction of sp³-hybridized carbons (Fsp3) is 0. The van der Waals surface area contributed by atoms with Crippen LogP contribution in [0.25, 0.3) is 5.57 Å². The van der Waals surface area contributed by atoms with Crippen LogP contribution in [-0.2, 0) is 13.5 Å². The molecule has 0 heterocycles. The molecule has 0 aliphatic heterocycles. The monoisotopic (exact) mass is 888 g/mol. The average molecular weight is 889 g/mol. The van der Waals surface area contributed by atoms with Crippen LogP contribution in [0.4, 0.5) is 0 Å². The average Bonchev–Trinajstić information content (AvgIpc) is 3.67. The molecular formula is C51H42Cl2P2Ru+2. The second-order valence-electron chi connectivity index (χ2n) is 12.9. The van der Waals surface area contributed by atoms with Gasteiger partial charge in [0.25, 0.3) is 0 Å². The molecule has 0 radical (unpaired) electrons. The van der Waals surface area contributed by atoms with Crippen molar-refractivity contribution in [2.45, 2.75) is 0 Å². The molecule has 0 bridgehead atoms. The minimum absolute atomic E-state index is 0.877. The SMILES string of the molecule is [Cl][Ru]([Cl])=[C]1C=C(c2ccccc2)c2ccccc21.c1ccc([PH+](c2ccccc2)c2ccccc2)cc1.c1ccc([PH+](c2ccccc2)c2ccccc2)cc1. The Morgan fingerprint density at radius 2 is 0.536 bits per heavy atom. The molecule has 0 amide bonds. The van der Waals surface area contributed by atoms with Gasteiger partial charge in [0.1, 0.15) is 31.8 Å². The third-order valence-electron chi connectivity index (χ3n) is 9.34. The molecule has 0 atom stereocenters. The summed E-state index contributed by atoms with van der Waals surface area (Å²) in [5, 5.41) is 8.61. The standard InChI is InChI=1S/2C18H15P.C15H10.2ClH.Ru/c2*1-4-10-16(11-5-1)19(17-12-6-2-7-13-17)18-14-8-3-9-15-18;1-2-6-12(7-3-1)15-11-10-13-8-4-5-9-14(13)15;;;/h2*1-15H;1-9,11H;2*1H;/q;;;;;+2. The van der Waals surface area contributed by atoms with Crippen molar-refractivity contribution in [3.05, 3.63) is 259 Å². The molecule has 9 rings (SSSR count). The van der Waals surface area contributed by atoms with Crippen molar-refractivity contribution in [3.8, 4) is 0 Å². The van der Waals surface area contributed by atoms with E-state index in [9.17, 15) is 0 Å². The number of halogens is 2. The van der Waals surface area contributed by atoms with E-state index in [1.165, 1.54) is 54.1 Å². The van der Waals surface area contributed by atoms with Gasteiger partial charge in [-0.25, -0.2) is 0 Å². The van der Waals surface area contributed by atoms with Crippen LogP contribution in [-0.4, -0.2) is 4.11 Å². The molecule has 8 aromatic rings. The summed E-state index contributed by atoms with van der Waals surface area (Å²) in [4.78, 5) is 0. The zero-order chi connectivity index (χ0) is 38.4. The summed E-state index contributed by atoms with van der Waals surface area (Å²) in [6.45, 7) is 0. The van der Waals surface area contributed by atoms with E-state index in [4.69, 9.17) is 19.4 Å². The molecule has 0 fully saturated rings. The van der Waals surface area contributed by atoms with Crippen LogP contribution in [0.2, 0.25) is 0 Å². The first-order valence-corrected chi connectivity index (χ1v) is 26.8. The van der Waals surface area contributed by atoms with E-state index in [0.717, 1.165) is 4.11 Å². The van der Waals surface area contributed by atoms with E-state index in [1.807, 2.05) is 24.3 Å². The van der Waals surface area contributed by atoms with Gasteiger partial charge in [0.15, 0.2) is 0 Å². The third kappa shape index (κ3) is 10.2. The summed E-state index contributed by atoms with van der Waals surface area (Å²) >= 11 is -1.88. The van der Waals surface area contributed by atoms with Gasteiger partial charge < -0.3 is 0 Å². The maximum Gasteiger partial charge on any atom is 0.102 e. The van der Waals surface area contributed by atoms with Crippen molar-refractivity contribution in [1.82, 2.24) is 0 Å². The van der Waals surface area contributed by atoms with Crippen LogP contribution in [0.15, 0.2) is 243 Å². The maximum absolute atomic E-state index is 6.19. The first-order chi connectivity index (χ1) is 27.7. The summed E-state index contributed by atoms with van der Waals surface area (Å²) < 4.78 is 1.12. The molecule has 0 saturated carbocycles. The molecule has 0 N–H and O–H groups in total. The first kappa shape index (κ1) is 39.7. The Labute approximate surface area is 347 Å². The zero-order valence-corrected chi connectivity index (χ0v) is 36.0. The molecule has 0 saturated heterocycles. The van der Waals surface area contributed by atoms with Crippen LogP contribution < -0.4 is 31.8 Å². The second kappa shape index (κ2) is 20.6. The van der Waals surface area contributed by atoms with Crippen LogP contribution in [0.5, 0.6) is 0 Å². The Morgan fingerprint density at radius 1 is 0.286 bits per heavy atom. The van der Waals surface area contributed by atoms with E-state index in [2.05, 4.69) is 218 Å². The molecule has 8 aromatic carbocycles. The number of allylic oxidation sites excluding steroid dienone is 1. The Balaban J connectivity index is 0.000000129. The molecule has 0 unspecified atom stereocenters. The largest absolute Gasteiger partial charge is 0.102 e. The summed E-state index contributed by atoms with van der Waals surface area (Å²) in [6, 6.07) is 83.7. The van der Waals surface area contributed by atoms with Gasteiger partial charge in [-0.2, -0.15) is 0 Å². The van der Waals surface area contributed by atoms with Crippen molar-refractivity contribution in [2.24, 2.45) is 0 Å². The predicted molar refractivity (Wildman–Crippen MR) is 249 cm³/mol. The number of hydrogen-bond donors (Lipinski definition) is 0. The summed E-state index contributed by atoms with van der Waals surface area (Å²) in [6.07, 6.45) is 2.15. The normalized spacial score (nSPS) is 11.8. The predicted octanol–water partition coefficient (Wildman–Crippen LogP) is 10.9. The fourth-order valence-corrected chi connectivity index (χ4v) is 14.4. The Morgan fingerprint density at radius 3 is 0.821 bits per heavy atom. The van der Waals surface area contributed by atoms with Crippen molar-refractivity contribution in [3.63, 3.8) is 0 Å². The van der Waals surface area contributed by atoms with Crippen molar-refractivity contribution < 1.29 is 13.5 Å². The van der Waals surface area contributed by atoms with Crippen molar-refractivity contribution in [1.29, 1.82) is 0 Å². The molecular weight excluding hydrogens is 846 g/mol. The van der Waals surface area contributed by atoms with Crippen LogP contribution >= 0.6 is 35.2 Å². The maximum atomic E-state index is 6.19. The van der Waals surface area contributed by atoms with Gasteiger partial charge in [0.2, 0.25) is 0 Å². The molecule has 276 valence electrons. The van der Waals surface area contributed by atoms with Gasteiger partial charge in [-0.05, 0) is 72.8 Å². The molecule has 5 heteroatoms. The third-order valence-corrected chi connectivity index (χ3v) is 17.9. The zero-order valence-electron chi connectivity index (χ0n) is 30.7. The van der Waals surface area contributed by atoms with Gasteiger partial charge in [-0.1, -0.05) is 109 Å². The number of fused-ring (bicyclic) bond motifs is 1. The number of hydrogen-bond acceptors (Lipinski definition) is 0. The smallest absolute Gasteiger partial charge is 0.0620 e. The molecule has 0 spiro atoms. The molecule has 0 aromatic heterocycles. The molecule has 0 nitrogen and oxygen atoms in total. The van der Waals surface area contributed by atoms with Gasteiger partial charge in [0, 0.05) is 0 Å². The van der Waals surface area contributed by atoms with E-state index in [-0.39, 0.29) is 0 Å². The number of rotatable bonds is 7. The van der Waals surface area contributed by atoms with E-state index in [0.29, 0.717) is 0 Å². The second-order valence-corrected chi connectivity index (χ2v) is 23.7. The Kier molecular flexibility index (Phi) is 14.6. The van der Waals surface area contributed by atoms with Crippen LogP contribution in [0.3, 0.4) is 0 Å². The van der Waals surface area contributed by atoms with Crippen LogP contribution in [0, 0.1) is 0 Å². The summed E-state index contributed by atoms with van der Waals surface area (Å²) in [5.74, 6) is 0. The van der Waals surface area contributed by atoms with Gasteiger partial charge >= 0.3 is 120 Å². The fourth-order valence-electron chi connectivity index (χ4n) is 6.80. The van der Waals surface area contributed by atoms with E-state index in [1.54, 1.807) is 0 Å². The van der Waals surface area contributed by atoms with Gasteiger partial charge in [-0.15, -0.1) is 0 Å². The van der Waals surface area contributed by atoms with Crippen molar-refractivity contribution in [2.75, 3.05) is 0 Å². The molecule has 1 aliphatic rings. The van der Waals surface area contributed by atoms with Gasteiger partial charge in [0.05, 0.1) is 15.8 Å². The summed E-state index contributed by atoms with van der Waals surface area (Å²) in [5.41, 5.74) is 4.86. The quantitative estimate of drug-likeness (QED) is 0.110.